The first-order valence-electron chi connectivity index (χ1n) is 12.5. The fourth-order valence-corrected chi connectivity index (χ4v) is 4.03. The van der Waals surface area contributed by atoms with Gasteiger partial charge in [-0.15, -0.1) is 0 Å². The molecule has 202 valence electrons. The van der Waals surface area contributed by atoms with E-state index in [4.69, 9.17) is 30.8 Å². The molecule has 3 N–H and O–H groups in total. The van der Waals surface area contributed by atoms with Gasteiger partial charge in [0, 0.05) is 22.3 Å². The van der Waals surface area contributed by atoms with E-state index in [-0.39, 0.29) is 16.8 Å². The zero-order chi connectivity index (χ0) is 27.8. The standard InChI is InChI=1S/C29H29N3O6S/c1-4-35-23-15-19(16-24(36-5-2)26(23)37-6-3)27(33)32-29(39)31-21-12-9-11-20(17-21)30-28(34)25-14-18-10-7-8-13-22(18)38-25/h7-17H,4-6H2,1-3H3,(H,30,34)(H2,31,32,33,39). The van der Waals surface area contributed by atoms with Crippen molar-refractivity contribution in [3.8, 4) is 17.2 Å². The molecule has 0 aliphatic heterocycles. The maximum Gasteiger partial charge on any atom is 0.291 e. The molecule has 0 unspecified atom stereocenters. The average molecular weight is 548 g/mol. The van der Waals surface area contributed by atoms with Crippen molar-refractivity contribution in [1.29, 1.82) is 0 Å². The van der Waals surface area contributed by atoms with Crippen molar-refractivity contribution in [3.05, 3.63) is 78.1 Å². The van der Waals surface area contributed by atoms with Gasteiger partial charge in [0.25, 0.3) is 11.8 Å². The second-order valence-corrected chi connectivity index (χ2v) is 8.60. The molecule has 10 heteroatoms. The van der Waals surface area contributed by atoms with Crippen molar-refractivity contribution >= 4 is 51.5 Å². The molecule has 0 aliphatic rings. The van der Waals surface area contributed by atoms with Crippen LogP contribution in [-0.2, 0) is 0 Å². The van der Waals surface area contributed by atoms with Gasteiger partial charge in [-0.1, -0.05) is 24.3 Å². The van der Waals surface area contributed by atoms with E-state index in [0.717, 1.165) is 5.39 Å². The van der Waals surface area contributed by atoms with Gasteiger partial charge < -0.3 is 29.3 Å². The maximum atomic E-state index is 13.0. The summed E-state index contributed by atoms with van der Waals surface area (Å²) in [6.45, 7) is 6.73. The number of anilines is 2. The van der Waals surface area contributed by atoms with Crippen LogP contribution in [0.4, 0.5) is 11.4 Å². The molecule has 2 amide bonds. The lowest BCUT2D eigenvalue weighted by Crippen LogP contribution is -2.34. The molecule has 0 bridgehead atoms. The Balaban J connectivity index is 1.43. The lowest BCUT2D eigenvalue weighted by Gasteiger charge is -2.17. The van der Waals surface area contributed by atoms with Crippen LogP contribution in [0.2, 0.25) is 0 Å². The molecule has 0 atom stereocenters. The van der Waals surface area contributed by atoms with Crippen LogP contribution >= 0.6 is 12.2 Å². The van der Waals surface area contributed by atoms with Crippen molar-refractivity contribution < 1.29 is 28.2 Å². The monoisotopic (exact) mass is 547 g/mol. The van der Waals surface area contributed by atoms with E-state index in [0.29, 0.717) is 59.6 Å². The predicted molar refractivity (Wildman–Crippen MR) is 154 cm³/mol. The second-order valence-electron chi connectivity index (χ2n) is 8.19. The zero-order valence-corrected chi connectivity index (χ0v) is 22.6. The third-order valence-electron chi connectivity index (χ3n) is 5.43. The largest absolute Gasteiger partial charge is 0.490 e. The molecule has 4 rings (SSSR count). The number of hydrogen-bond donors (Lipinski definition) is 3. The van der Waals surface area contributed by atoms with Gasteiger partial charge in [-0.2, -0.15) is 0 Å². The van der Waals surface area contributed by atoms with E-state index >= 15 is 0 Å². The summed E-state index contributed by atoms with van der Waals surface area (Å²) < 4.78 is 22.7. The molecule has 0 fully saturated rings. The van der Waals surface area contributed by atoms with Crippen molar-refractivity contribution in [3.63, 3.8) is 0 Å². The quantitative estimate of drug-likeness (QED) is 0.207. The molecule has 4 aromatic rings. The van der Waals surface area contributed by atoms with Crippen LogP contribution in [0.1, 0.15) is 41.7 Å². The van der Waals surface area contributed by atoms with E-state index in [1.54, 1.807) is 48.5 Å². The SMILES string of the molecule is CCOc1cc(C(=O)NC(=S)Nc2cccc(NC(=O)c3cc4ccccc4o3)c2)cc(OCC)c1OCC. The number of rotatable bonds is 10. The third-order valence-corrected chi connectivity index (χ3v) is 5.63. The van der Waals surface area contributed by atoms with Crippen molar-refractivity contribution in [2.75, 3.05) is 30.5 Å². The Kier molecular flexibility index (Phi) is 9.01. The van der Waals surface area contributed by atoms with Crippen LogP contribution in [0.3, 0.4) is 0 Å². The lowest BCUT2D eigenvalue weighted by atomic mass is 10.1. The molecular weight excluding hydrogens is 518 g/mol. The number of benzene rings is 3. The number of para-hydroxylation sites is 1. The fourth-order valence-electron chi connectivity index (χ4n) is 3.82. The number of fused-ring (bicyclic) bond motifs is 1. The Morgan fingerprint density at radius 1 is 0.769 bits per heavy atom. The number of nitrogens with one attached hydrogen (secondary N) is 3. The van der Waals surface area contributed by atoms with Crippen LogP contribution in [0.15, 0.2) is 71.1 Å². The van der Waals surface area contributed by atoms with Crippen molar-refractivity contribution in [2.24, 2.45) is 0 Å². The normalized spacial score (nSPS) is 10.5. The zero-order valence-electron chi connectivity index (χ0n) is 21.8. The summed E-state index contributed by atoms with van der Waals surface area (Å²) in [6, 6.07) is 19.2. The lowest BCUT2D eigenvalue weighted by molar-refractivity contribution is 0.0974. The third kappa shape index (κ3) is 6.85. The summed E-state index contributed by atoms with van der Waals surface area (Å²) in [7, 11) is 0. The molecule has 9 nitrogen and oxygen atoms in total. The molecule has 0 spiro atoms. The fraction of sp³-hybridized carbons (Fsp3) is 0.207. The highest BCUT2D eigenvalue weighted by Crippen LogP contribution is 2.39. The number of amides is 2. The van der Waals surface area contributed by atoms with Crippen molar-refractivity contribution in [2.45, 2.75) is 20.8 Å². The Morgan fingerprint density at radius 3 is 2.05 bits per heavy atom. The van der Waals surface area contributed by atoms with E-state index in [1.165, 1.54) is 0 Å². The first kappa shape index (κ1) is 27.5. The number of furan rings is 1. The Labute approximate surface area is 231 Å². The number of thiocarbonyl (C=S) groups is 1. The van der Waals surface area contributed by atoms with Gasteiger partial charge in [-0.25, -0.2) is 0 Å². The predicted octanol–water partition coefficient (Wildman–Crippen LogP) is 6.01. The summed E-state index contributed by atoms with van der Waals surface area (Å²) in [5, 5.41) is 9.35. The maximum absolute atomic E-state index is 13.0. The summed E-state index contributed by atoms with van der Waals surface area (Å²) in [5.74, 6) is 0.617. The van der Waals surface area contributed by atoms with Gasteiger partial charge in [0.2, 0.25) is 5.75 Å². The molecule has 1 aromatic heterocycles. The molecule has 39 heavy (non-hydrogen) atoms. The summed E-state index contributed by atoms with van der Waals surface area (Å²) in [6.07, 6.45) is 0. The van der Waals surface area contributed by atoms with Gasteiger partial charge in [0.1, 0.15) is 5.58 Å². The van der Waals surface area contributed by atoms with Crippen LogP contribution < -0.4 is 30.2 Å². The van der Waals surface area contributed by atoms with Crippen LogP contribution in [0, 0.1) is 0 Å². The van der Waals surface area contributed by atoms with Crippen LogP contribution in [-0.4, -0.2) is 36.7 Å². The highest BCUT2D eigenvalue weighted by Gasteiger charge is 2.19. The first-order chi connectivity index (χ1) is 18.9. The van der Waals surface area contributed by atoms with Crippen molar-refractivity contribution in [1.82, 2.24) is 5.32 Å². The van der Waals surface area contributed by atoms with E-state index < -0.39 is 5.91 Å². The highest BCUT2D eigenvalue weighted by molar-refractivity contribution is 7.80. The van der Waals surface area contributed by atoms with Gasteiger partial charge in [-0.05, 0) is 75.5 Å². The molecule has 3 aromatic carbocycles. The molecule has 1 heterocycles. The summed E-state index contributed by atoms with van der Waals surface area (Å²) in [5.41, 5.74) is 2.02. The second kappa shape index (κ2) is 12.8. The van der Waals surface area contributed by atoms with E-state index in [2.05, 4.69) is 16.0 Å². The van der Waals surface area contributed by atoms with Gasteiger partial charge >= 0.3 is 0 Å². The summed E-state index contributed by atoms with van der Waals surface area (Å²) in [4.78, 5) is 25.7. The number of ether oxygens (including phenoxy) is 3. The average Bonchev–Trinajstić information content (AvgIpc) is 3.35. The molecule has 0 radical (unpaired) electrons. The molecular formula is C29H29N3O6S. The van der Waals surface area contributed by atoms with E-state index in [1.807, 2.05) is 39.0 Å². The Morgan fingerprint density at radius 2 is 1.41 bits per heavy atom. The Bertz CT molecular complexity index is 1440. The minimum atomic E-state index is -0.452. The van der Waals surface area contributed by atoms with Gasteiger partial charge in [0.05, 0.1) is 19.8 Å². The minimum Gasteiger partial charge on any atom is -0.490 e. The molecule has 0 aliphatic carbocycles. The molecule has 0 saturated heterocycles. The van der Waals surface area contributed by atoms with Gasteiger partial charge in [0.15, 0.2) is 22.4 Å². The number of carbonyl (C=O) groups excluding carboxylic acids is 2. The Hall–Kier alpha value is -4.57. The highest BCUT2D eigenvalue weighted by atomic mass is 32.1. The molecule has 0 saturated carbocycles. The first-order valence-corrected chi connectivity index (χ1v) is 12.9. The van der Waals surface area contributed by atoms with Gasteiger partial charge in [-0.3, -0.25) is 14.9 Å². The topological polar surface area (TPSA) is 111 Å². The summed E-state index contributed by atoms with van der Waals surface area (Å²) >= 11 is 5.36. The van der Waals surface area contributed by atoms with Crippen LogP contribution in [0.25, 0.3) is 11.0 Å². The van der Waals surface area contributed by atoms with E-state index in [9.17, 15) is 9.59 Å². The number of hydrogen-bond acceptors (Lipinski definition) is 7. The minimum absolute atomic E-state index is 0.0746. The smallest absolute Gasteiger partial charge is 0.291 e. The van der Waals surface area contributed by atoms with Crippen LogP contribution in [0.5, 0.6) is 17.2 Å². The number of carbonyl (C=O) groups is 2.